The van der Waals surface area contributed by atoms with Crippen molar-refractivity contribution in [1.29, 1.82) is 0 Å². The van der Waals surface area contributed by atoms with Crippen molar-refractivity contribution in [2.24, 2.45) is 0 Å². The smallest absolute Gasteiger partial charge is 0.307 e. The van der Waals surface area contributed by atoms with Gasteiger partial charge in [0.15, 0.2) is 0 Å². The largest absolute Gasteiger partial charge is 0.380 e. The first-order valence-electron chi connectivity index (χ1n) is 6.52. The fourth-order valence-electron chi connectivity index (χ4n) is 2.30. The monoisotopic (exact) mass is 286 g/mol. The Morgan fingerprint density at radius 3 is 2.85 bits per heavy atom. The van der Waals surface area contributed by atoms with Crippen LogP contribution in [0.3, 0.4) is 0 Å². The second-order valence-corrected chi connectivity index (χ2v) is 4.81. The van der Waals surface area contributed by atoms with E-state index in [9.17, 15) is 18.9 Å². The summed E-state index contributed by atoms with van der Waals surface area (Å²) >= 11 is 0. The molecule has 1 aromatic carbocycles. The summed E-state index contributed by atoms with van der Waals surface area (Å²) in [6, 6.07) is 1.41. The van der Waals surface area contributed by atoms with Gasteiger partial charge < -0.3 is 10.1 Å². The third kappa shape index (κ3) is 3.22. The number of benzene rings is 1. The number of nitrogens with one attached hydrogen (secondary N) is 1. The molecular weight excluding hydrogens is 270 g/mol. The van der Waals surface area contributed by atoms with Crippen LogP contribution >= 0.6 is 0 Å². The van der Waals surface area contributed by atoms with Gasteiger partial charge in [0.05, 0.1) is 16.7 Å². The molecule has 0 radical (unpaired) electrons. The average molecular weight is 286 g/mol. The lowest BCUT2D eigenvalue weighted by molar-refractivity contribution is -0.387. The third-order valence-corrected chi connectivity index (χ3v) is 3.42. The van der Waals surface area contributed by atoms with E-state index in [1.807, 2.05) is 6.92 Å². The van der Waals surface area contributed by atoms with Gasteiger partial charge in [-0.15, -0.1) is 0 Å². The summed E-state index contributed by atoms with van der Waals surface area (Å²) in [7, 11) is 0. The number of nitro benzene ring substituents is 1. The number of ether oxygens (including phenoxy) is 1. The van der Waals surface area contributed by atoms with E-state index in [-0.39, 0.29) is 17.8 Å². The number of hydrogen-bond donors (Lipinski definition) is 1. The molecule has 5 nitrogen and oxygen atoms in total. The second kappa shape index (κ2) is 6.13. The van der Waals surface area contributed by atoms with Crippen molar-refractivity contribution >= 4 is 11.4 Å². The summed E-state index contributed by atoms with van der Waals surface area (Å²) in [5.41, 5.74) is -0.771. The maximum atomic E-state index is 13.7. The summed E-state index contributed by atoms with van der Waals surface area (Å²) in [5.74, 6) is -2.00. The number of nitro groups is 1. The summed E-state index contributed by atoms with van der Waals surface area (Å²) in [4.78, 5) is 9.81. The minimum absolute atomic E-state index is 0.0340. The highest BCUT2D eigenvalue weighted by Crippen LogP contribution is 2.27. The molecule has 1 aliphatic heterocycles. The predicted molar refractivity (Wildman–Crippen MR) is 69.7 cm³/mol. The van der Waals surface area contributed by atoms with Gasteiger partial charge >= 0.3 is 5.69 Å². The molecule has 1 aromatic rings. The van der Waals surface area contributed by atoms with E-state index in [2.05, 4.69) is 5.32 Å². The Hall–Kier alpha value is -1.76. The molecule has 2 rings (SSSR count). The Morgan fingerprint density at radius 1 is 1.45 bits per heavy atom. The number of rotatable bonds is 4. The van der Waals surface area contributed by atoms with Crippen LogP contribution in [0.25, 0.3) is 0 Å². The SMILES string of the molecule is CCC1CC(Nc2cc([N+](=O)[O-])c(F)cc2F)CCO1. The lowest BCUT2D eigenvalue weighted by Gasteiger charge is -2.30. The summed E-state index contributed by atoms with van der Waals surface area (Å²) < 4.78 is 32.4. The van der Waals surface area contributed by atoms with Crippen molar-refractivity contribution in [3.05, 3.63) is 33.9 Å². The zero-order valence-electron chi connectivity index (χ0n) is 11.1. The van der Waals surface area contributed by atoms with Crippen molar-refractivity contribution < 1.29 is 18.4 Å². The topological polar surface area (TPSA) is 64.4 Å². The molecule has 0 amide bonds. The van der Waals surface area contributed by atoms with Gasteiger partial charge in [-0.3, -0.25) is 10.1 Å². The van der Waals surface area contributed by atoms with Crippen molar-refractivity contribution in [2.45, 2.75) is 38.3 Å². The van der Waals surface area contributed by atoms with E-state index in [1.54, 1.807) is 0 Å². The molecule has 1 N–H and O–H groups in total. The normalized spacial score (nSPS) is 22.6. The van der Waals surface area contributed by atoms with Crippen LogP contribution in [0.5, 0.6) is 0 Å². The molecule has 7 heteroatoms. The van der Waals surface area contributed by atoms with E-state index in [1.165, 1.54) is 0 Å². The number of nitrogens with zero attached hydrogens (tertiary/aromatic N) is 1. The van der Waals surface area contributed by atoms with Crippen LogP contribution in [0.4, 0.5) is 20.2 Å². The Kier molecular flexibility index (Phi) is 4.49. The van der Waals surface area contributed by atoms with E-state index < -0.39 is 22.2 Å². The molecule has 1 aliphatic rings. The van der Waals surface area contributed by atoms with Gasteiger partial charge in [-0.05, 0) is 19.3 Å². The van der Waals surface area contributed by atoms with Gasteiger partial charge in [0.2, 0.25) is 5.82 Å². The van der Waals surface area contributed by atoms with Crippen LogP contribution in [0.15, 0.2) is 12.1 Å². The highest BCUT2D eigenvalue weighted by molar-refractivity contribution is 5.53. The van der Waals surface area contributed by atoms with Crippen molar-refractivity contribution in [3.8, 4) is 0 Å². The second-order valence-electron chi connectivity index (χ2n) is 4.81. The molecule has 0 aliphatic carbocycles. The van der Waals surface area contributed by atoms with Gasteiger partial charge in [0.1, 0.15) is 5.82 Å². The third-order valence-electron chi connectivity index (χ3n) is 3.42. The lowest BCUT2D eigenvalue weighted by atomic mass is 10.0. The molecule has 1 fully saturated rings. The van der Waals surface area contributed by atoms with Gasteiger partial charge in [-0.2, -0.15) is 4.39 Å². The fraction of sp³-hybridized carbons (Fsp3) is 0.538. The first kappa shape index (κ1) is 14.6. The summed E-state index contributed by atoms with van der Waals surface area (Å²) in [6.45, 7) is 2.55. The summed E-state index contributed by atoms with van der Waals surface area (Å²) in [5, 5.41) is 13.6. The van der Waals surface area contributed by atoms with Crippen LogP contribution in [-0.4, -0.2) is 23.7 Å². The van der Waals surface area contributed by atoms with E-state index in [0.29, 0.717) is 25.5 Å². The molecule has 0 saturated carbocycles. The minimum Gasteiger partial charge on any atom is -0.380 e. The number of hydrogen-bond acceptors (Lipinski definition) is 4. The highest BCUT2D eigenvalue weighted by atomic mass is 19.1. The van der Waals surface area contributed by atoms with E-state index in [4.69, 9.17) is 4.74 Å². The number of halogens is 2. The van der Waals surface area contributed by atoms with E-state index in [0.717, 1.165) is 12.5 Å². The first-order chi connectivity index (χ1) is 9.51. The van der Waals surface area contributed by atoms with Gasteiger partial charge in [0, 0.05) is 24.8 Å². The van der Waals surface area contributed by atoms with Gasteiger partial charge in [-0.25, -0.2) is 4.39 Å². The maximum Gasteiger partial charge on any atom is 0.307 e. The Labute approximate surface area is 115 Å². The molecule has 110 valence electrons. The molecule has 2 atom stereocenters. The standard InChI is InChI=1S/C13H16F2N2O3/c1-2-9-5-8(3-4-20-9)16-12-7-13(17(18)19)11(15)6-10(12)14/h6-9,16H,2-5H2,1H3. The molecule has 2 unspecified atom stereocenters. The average Bonchev–Trinajstić information content (AvgIpc) is 2.41. The Bertz CT molecular complexity index is 511. The zero-order valence-corrected chi connectivity index (χ0v) is 11.1. The van der Waals surface area contributed by atoms with Crippen LogP contribution in [0.2, 0.25) is 0 Å². The minimum atomic E-state index is -1.17. The van der Waals surface area contributed by atoms with Crippen LogP contribution in [0.1, 0.15) is 26.2 Å². The first-order valence-corrected chi connectivity index (χ1v) is 6.52. The van der Waals surface area contributed by atoms with Crippen molar-refractivity contribution in [1.82, 2.24) is 0 Å². The Balaban J connectivity index is 2.16. The molecule has 0 spiro atoms. The maximum absolute atomic E-state index is 13.7. The van der Waals surface area contributed by atoms with Gasteiger partial charge in [0.25, 0.3) is 0 Å². The predicted octanol–water partition coefficient (Wildman–Crippen LogP) is 3.24. The molecule has 0 bridgehead atoms. The number of anilines is 1. The zero-order chi connectivity index (χ0) is 14.7. The van der Waals surface area contributed by atoms with Gasteiger partial charge in [-0.1, -0.05) is 6.92 Å². The lowest BCUT2D eigenvalue weighted by Crippen LogP contribution is -2.34. The molecular formula is C13H16F2N2O3. The Morgan fingerprint density at radius 2 is 2.20 bits per heavy atom. The molecule has 0 aromatic heterocycles. The van der Waals surface area contributed by atoms with Crippen molar-refractivity contribution in [2.75, 3.05) is 11.9 Å². The van der Waals surface area contributed by atoms with Crippen LogP contribution in [0, 0.1) is 21.7 Å². The molecule has 1 heterocycles. The van der Waals surface area contributed by atoms with Crippen LogP contribution < -0.4 is 5.32 Å². The molecule has 20 heavy (non-hydrogen) atoms. The van der Waals surface area contributed by atoms with E-state index >= 15 is 0 Å². The van der Waals surface area contributed by atoms with Crippen LogP contribution in [-0.2, 0) is 4.74 Å². The molecule has 1 saturated heterocycles. The highest BCUT2D eigenvalue weighted by Gasteiger charge is 2.24. The van der Waals surface area contributed by atoms with Crippen molar-refractivity contribution in [3.63, 3.8) is 0 Å². The fourth-order valence-corrected chi connectivity index (χ4v) is 2.30. The quantitative estimate of drug-likeness (QED) is 0.681. The summed E-state index contributed by atoms with van der Waals surface area (Å²) in [6.07, 6.45) is 2.33.